The summed E-state index contributed by atoms with van der Waals surface area (Å²) in [6.45, 7) is 2.71. The topological polar surface area (TPSA) is 228 Å². The number of aliphatic hydroxyl groups excluding tert-OH is 8. The van der Waals surface area contributed by atoms with Crippen molar-refractivity contribution in [2.45, 2.75) is 370 Å². The molecule has 0 radical (unpaired) electrons. The van der Waals surface area contributed by atoms with Gasteiger partial charge in [-0.25, -0.2) is 0 Å². The van der Waals surface area contributed by atoms with Gasteiger partial charge in [-0.15, -0.1) is 0 Å². The van der Waals surface area contributed by atoms with Crippen LogP contribution < -0.4 is 5.32 Å². The highest BCUT2D eigenvalue weighted by Gasteiger charge is 2.51. The Bertz CT molecular complexity index is 2000. The lowest BCUT2D eigenvalue weighted by molar-refractivity contribution is -0.359. The van der Waals surface area contributed by atoms with Crippen LogP contribution in [-0.4, -0.2) is 140 Å². The molecule has 9 N–H and O–H groups in total. The zero-order valence-corrected chi connectivity index (χ0v) is 59.2. The van der Waals surface area contributed by atoms with Gasteiger partial charge in [0.05, 0.1) is 32.0 Å². The van der Waals surface area contributed by atoms with Crippen molar-refractivity contribution in [2.24, 2.45) is 0 Å². The highest BCUT2D eigenvalue weighted by atomic mass is 16.7. The number of rotatable bonds is 62. The second-order valence-corrected chi connectivity index (χ2v) is 26.4. The van der Waals surface area contributed by atoms with E-state index in [9.17, 15) is 45.6 Å². The maximum absolute atomic E-state index is 13.4. The fraction of sp³-hybridized carbons (Fsp3) is 0.762. The van der Waals surface area contributed by atoms with Gasteiger partial charge < -0.3 is 65.1 Å². The van der Waals surface area contributed by atoms with Crippen LogP contribution in [0.25, 0.3) is 0 Å². The van der Waals surface area contributed by atoms with Crippen molar-refractivity contribution in [2.75, 3.05) is 19.8 Å². The van der Waals surface area contributed by atoms with Gasteiger partial charge in [-0.1, -0.05) is 316 Å². The number of amides is 1. The fourth-order valence-electron chi connectivity index (χ4n) is 12.0. The van der Waals surface area contributed by atoms with Crippen LogP contribution in [-0.2, 0) is 23.7 Å². The smallest absolute Gasteiger partial charge is 0.220 e. The van der Waals surface area contributed by atoms with Crippen LogP contribution in [0.5, 0.6) is 0 Å². The Morgan fingerprint density at radius 2 is 0.734 bits per heavy atom. The summed E-state index contributed by atoms with van der Waals surface area (Å²) in [4.78, 5) is 13.4. The van der Waals surface area contributed by atoms with E-state index in [1.165, 1.54) is 167 Å². The first-order chi connectivity index (χ1) is 46.1. The maximum atomic E-state index is 13.4. The van der Waals surface area contributed by atoms with E-state index >= 15 is 0 Å². The standard InChI is InChI=1S/C80H139NO13/c1-3-5-7-9-11-13-15-17-19-21-23-25-27-29-31-32-33-34-35-36-38-40-42-44-46-48-50-52-54-56-58-60-62-64-72(85)81-68(67-91-79-77(90)75(88)78(71(66-83)93-79)94-80-76(89)74(87)73(86)70(65-82)92-80)69(84)63-61-59-57-55-53-51-49-47-45-43-41-39-37-30-28-26-24-22-20-18-16-14-12-10-8-6-4-2/h5,7,11,13,17,19,23,25,29,31,33-34,36,38,42,44,61,63,68-71,73-80,82-84,86-90H,3-4,6,8-10,12,14-16,18,20-22,24,26-28,30,32,35,37,39-41,43,45-60,62,64-67H2,1-2H3,(H,81,85)/b7-5-,13-11-,19-17-,25-23-,31-29-,34-33-,38-36-,44-42-,63-61+. The molecule has 0 spiro atoms. The number of hydrogen-bond acceptors (Lipinski definition) is 13. The molecule has 542 valence electrons. The molecule has 0 saturated carbocycles. The fourth-order valence-corrected chi connectivity index (χ4v) is 12.0. The summed E-state index contributed by atoms with van der Waals surface area (Å²) in [5.41, 5.74) is 0. The number of unbranched alkanes of at least 4 members (excludes halogenated alkanes) is 33. The van der Waals surface area contributed by atoms with Crippen LogP contribution in [0.4, 0.5) is 0 Å². The third-order valence-corrected chi connectivity index (χ3v) is 18.0. The molecule has 14 heteroatoms. The Kier molecular flexibility index (Phi) is 58.2. The van der Waals surface area contributed by atoms with Crippen molar-refractivity contribution in [3.8, 4) is 0 Å². The SMILES string of the molecule is CC/C=C\C/C=C\C/C=C\C/C=C\C/C=C\C/C=C\C/C=C\C/C=C\CCCCCCCCCCC(=O)NC(COC1OC(CO)C(OC2OC(CO)C(O)C(O)C2O)C(O)C1O)C(O)/C=C/CCCCCCCCCCCCCCCCCCCCCCCCCCC. The summed E-state index contributed by atoms with van der Waals surface area (Å²) >= 11 is 0. The van der Waals surface area contributed by atoms with Crippen molar-refractivity contribution >= 4 is 5.91 Å². The molecular formula is C80H139NO13. The number of allylic oxidation sites excluding steroid dienone is 17. The highest BCUT2D eigenvalue weighted by Crippen LogP contribution is 2.30. The summed E-state index contributed by atoms with van der Waals surface area (Å²) < 4.78 is 22.9. The Morgan fingerprint density at radius 3 is 1.13 bits per heavy atom. The Hall–Kier alpha value is -3.35. The molecule has 0 aromatic heterocycles. The van der Waals surface area contributed by atoms with E-state index < -0.39 is 86.8 Å². The quantitative estimate of drug-likeness (QED) is 0.0204. The van der Waals surface area contributed by atoms with Gasteiger partial charge in [-0.3, -0.25) is 4.79 Å². The molecule has 14 nitrogen and oxygen atoms in total. The van der Waals surface area contributed by atoms with Gasteiger partial charge in [0.15, 0.2) is 12.6 Å². The minimum Gasteiger partial charge on any atom is -0.394 e. The Balaban J connectivity index is 1.67. The van der Waals surface area contributed by atoms with E-state index in [1.54, 1.807) is 6.08 Å². The highest BCUT2D eigenvalue weighted by molar-refractivity contribution is 5.76. The molecule has 12 unspecified atom stereocenters. The van der Waals surface area contributed by atoms with E-state index in [4.69, 9.17) is 18.9 Å². The van der Waals surface area contributed by atoms with Crippen molar-refractivity contribution in [1.82, 2.24) is 5.32 Å². The number of hydrogen-bond donors (Lipinski definition) is 9. The average Bonchev–Trinajstić information content (AvgIpc) is 0.794. The molecule has 2 heterocycles. The number of carbonyl (C=O) groups is 1. The normalized spacial score (nSPS) is 23.1. The van der Waals surface area contributed by atoms with Gasteiger partial charge in [-0.2, -0.15) is 0 Å². The summed E-state index contributed by atoms with van der Waals surface area (Å²) in [5, 5.41) is 87.6. The summed E-state index contributed by atoms with van der Waals surface area (Å²) in [7, 11) is 0. The zero-order valence-electron chi connectivity index (χ0n) is 59.2. The molecule has 2 aliphatic heterocycles. The van der Waals surface area contributed by atoms with Crippen molar-refractivity contribution < 1.29 is 64.6 Å². The summed E-state index contributed by atoms with van der Waals surface area (Å²) in [6, 6.07) is -0.929. The van der Waals surface area contributed by atoms with Gasteiger partial charge >= 0.3 is 0 Å². The van der Waals surface area contributed by atoms with E-state index in [2.05, 4.69) is 116 Å². The first kappa shape index (κ1) is 86.7. The molecule has 2 aliphatic rings. The first-order valence-electron chi connectivity index (χ1n) is 38.1. The molecule has 94 heavy (non-hydrogen) atoms. The largest absolute Gasteiger partial charge is 0.394 e. The van der Waals surface area contributed by atoms with Crippen LogP contribution in [0.3, 0.4) is 0 Å². The molecule has 0 aliphatic carbocycles. The third-order valence-electron chi connectivity index (χ3n) is 18.0. The van der Waals surface area contributed by atoms with E-state index in [1.807, 2.05) is 6.08 Å². The van der Waals surface area contributed by atoms with Crippen LogP contribution in [0.1, 0.15) is 296 Å². The molecule has 2 saturated heterocycles. The van der Waals surface area contributed by atoms with Gasteiger partial charge in [-0.05, 0) is 83.5 Å². The van der Waals surface area contributed by atoms with Gasteiger partial charge in [0, 0.05) is 6.42 Å². The first-order valence-corrected chi connectivity index (χ1v) is 38.1. The van der Waals surface area contributed by atoms with Gasteiger partial charge in [0.1, 0.15) is 48.8 Å². The molecule has 0 bridgehead atoms. The average molecular weight is 1320 g/mol. The summed E-state index contributed by atoms with van der Waals surface area (Å²) in [6.07, 6.45) is 74.3. The number of carbonyl (C=O) groups excluding carboxylic acids is 1. The molecular weight excluding hydrogens is 1180 g/mol. The monoisotopic (exact) mass is 1320 g/mol. The lowest BCUT2D eigenvalue weighted by Gasteiger charge is -2.46. The Morgan fingerprint density at radius 1 is 0.394 bits per heavy atom. The predicted octanol–water partition coefficient (Wildman–Crippen LogP) is 16.7. The molecule has 0 aromatic rings. The molecule has 2 rings (SSSR count). The molecule has 12 atom stereocenters. The number of ether oxygens (including phenoxy) is 4. The maximum Gasteiger partial charge on any atom is 0.220 e. The second kappa shape index (κ2) is 63.1. The number of nitrogens with one attached hydrogen (secondary N) is 1. The van der Waals surface area contributed by atoms with Crippen LogP contribution in [0.15, 0.2) is 109 Å². The number of aliphatic hydroxyl groups is 8. The lowest BCUT2D eigenvalue weighted by Crippen LogP contribution is -2.65. The molecule has 2 fully saturated rings. The van der Waals surface area contributed by atoms with E-state index in [0.29, 0.717) is 6.42 Å². The molecule has 0 aromatic carbocycles. The van der Waals surface area contributed by atoms with Crippen molar-refractivity contribution in [1.29, 1.82) is 0 Å². The van der Waals surface area contributed by atoms with Crippen LogP contribution in [0.2, 0.25) is 0 Å². The lowest BCUT2D eigenvalue weighted by atomic mass is 9.97. The van der Waals surface area contributed by atoms with Gasteiger partial charge in [0.2, 0.25) is 5.91 Å². The zero-order chi connectivity index (χ0) is 68.0. The van der Waals surface area contributed by atoms with E-state index in [-0.39, 0.29) is 18.9 Å². The van der Waals surface area contributed by atoms with Crippen molar-refractivity contribution in [3.05, 3.63) is 109 Å². The molecule has 1 amide bonds. The predicted molar refractivity (Wildman–Crippen MR) is 387 cm³/mol. The van der Waals surface area contributed by atoms with Gasteiger partial charge in [0.25, 0.3) is 0 Å². The second-order valence-electron chi connectivity index (χ2n) is 26.4. The third kappa shape index (κ3) is 46.0. The van der Waals surface area contributed by atoms with Crippen LogP contribution in [0, 0.1) is 0 Å². The van der Waals surface area contributed by atoms with Crippen LogP contribution >= 0.6 is 0 Å². The minimum atomic E-state index is -1.80. The summed E-state index contributed by atoms with van der Waals surface area (Å²) in [5.74, 6) is -0.249. The minimum absolute atomic E-state index is 0.249. The van der Waals surface area contributed by atoms with E-state index in [0.717, 1.165) is 103 Å². The van der Waals surface area contributed by atoms with Crippen molar-refractivity contribution in [3.63, 3.8) is 0 Å². The Labute approximate surface area is 572 Å².